The number of carbonyl (C=O) groups excluding carboxylic acids is 1. The first kappa shape index (κ1) is 38.1. The topological polar surface area (TPSA) is 50.2 Å². The molecule has 0 saturated carbocycles. The smallest absolute Gasteiger partial charge is 0.162 e. The van der Waals surface area contributed by atoms with E-state index >= 15 is 0 Å². The number of rotatable bonds is 10. The van der Waals surface area contributed by atoms with Crippen molar-refractivity contribution in [3.63, 3.8) is 0 Å². The van der Waals surface area contributed by atoms with Crippen molar-refractivity contribution in [1.29, 1.82) is 0 Å². The summed E-state index contributed by atoms with van der Waals surface area (Å²) >= 11 is 1.81. The van der Waals surface area contributed by atoms with E-state index in [2.05, 4.69) is 112 Å². The van der Waals surface area contributed by atoms with Crippen molar-refractivity contribution in [1.82, 2.24) is 4.98 Å². The number of nitrogens with zero attached hydrogens (tertiary/aromatic N) is 1. The van der Waals surface area contributed by atoms with Crippen LogP contribution in [0.1, 0.15) is 79.7 Å². The number of thiophene rings is 1. The Balaban J connectivity index is 0.000000322. The second-order valence-corrected chi connectivity index (χ2v) is 13.9. The van der Waals surface area contributed by atoms with Gasteiger partial charge in [-0.15, -0.1) is 40.5 Å². The van der Waals surface area contributed by atoms with Crippen molar-refractivity contribution in [3.05, 3.63) is 115 Å². The summed E-state index contributed by atoms with van der Waals surface area (Å²) in [6, 6.07) is 33.6. The number of ketones is 1. The Bertz CT molecular complexity index is 1760. The number of hydrogen-bond acceptors (Lipinski definition) is 4. The average Bonchev–Trinajstić information content (AvgIpc) is 3.56. The predicted octanol–water partition coefficient (Wildman–Crippen LogP) is 12.3. The van der Waals surface area contributed by atoms with Gasteiger partial charge in [-0.25, -0.2) is 0 Å². The number of aliphatic hydroxyl groups is 1. The largest absolute Gasteiger partial charge is 0.512 e. The van der Waals surface area contributed by atoms with Gasteiger partial charge in [0.2, 0.25) is 0 Å². The molecule has 1 radical (unpaired) electrons. The zero-order chi connectivity index (χ0) is 33.3. The van der Waals surface area contributed by atoms with Crippen LogP contribution in [0.2, 0.25) is 0 Å². The van der Waals surface area contributed by atoms with E-state index < -0.39 is 0 Å². The van der Waals surface area contributed by atoms with Crippen LogP contribution in [0.3, 0.4) is 0 Å². The van der Waals surface area contributed by atoms with Crippen LogP contribution in [0.4, 0.5) is 0 Å². The Hall–Kier alpha value is -3.37. The van der Waals surface area contributed by atoms with E-state index in [1.165, 1.54) is 37.9 Å². The first-order valence-electron chi connectivity index (χ1n) is 16.6. The maximum atomic E-state index is 11.7. The van der Waals surface area contributed by atoms with Gasteiger partial charge in [0.05, 0.1) is 5.76 Å². The van der Waals surface area contributed by atoms with Crippen LogP contribution < -0.4 is 0 Å². The number of pyridine rings is 1. The summed E-state index contributed by atoms with van der Waals surface area (Å²) < 4.78 is 0. The molecule has 0 aliphatic rings. The molecule has 2 heterocycles. The molecule has 0 aliphatic heterocycles. The molecule has 5 heteroatoms. The fraction of sp³-hybridized carbons (Fsp3) is 0.333. The number of hydrogen-bond donors (Lipinski definition) is 1. The van der Waals surface area contributed by atoms with Gasteiger partial charge in [-0.2, -0.15) is 0 Å². The SMILES string of the molecule is CC(C)(C)c1cc(-c2cc(-c3ccc(-c4ccccc4)s3)ccn2)[c-]c2ccccc12.CCC(CC)C(=O)/C=C(\O)C(CC)CC.[Ir]. The summed E-state index contributed by atoms with van der Waals surface area (Å²) in [5.41, 5.74) is 5.82. The summed E-state index contributed by atoms with van der Waals surface area (Å²) in [4.78, 5) is 18.9. The number of benzene rings is 3. The van der Waals surface area contributed by atoms with Crippen molar-refractivity contribution < 1.29 is 30.0 Å². The number of fused-ring (bicyclic) bond motifs is 1. The molecule has 3 aromatic carbocycles. The average molecular weight is 823 g/mol. The van der Waals surface area contributed by atoms with Crippen LogP contribution in [0.15, 0.2) is 103 Å². The van der Waals surface area contributed by atoms with Gasteiger partial charge in [0.25, 0.3) is 0 Å². The Morgan fingerprint density at radius 2 is 1.40 bits per heavy atom. The van der Waals surface area contributed by atoms with Crippen molar-refractivity contribution >= 4 is 27.9 Å². The Kier molecular flexibility index (Phi) is 14.3. The van der Waals surface area contributed by atoms with Gasteiger partial charge in [0.1, 0.15) is 0 Å². The van der Waals surface area contributed by atoms with Gasteiger partial charge in [0, 0.05) is 59.7 Å². The molecule has 0 bridgehead atoms. The fourth-order valence-electron chi connectivity index (χ4n) is 5.75. The quantitative estimate of drug-likeness (QED) is 0.0867. The standard InChI is InChI=1S/C29H24NS.C13H24O2.Ir/c1-29(2,3)25-18-23(17-21-11-7-8-12-24(21)25)26-19-22(15-16-30-26)28-14-13-27(31-28)20-9-5-4-6-10-20;1-5-10(6-2)12(14)9-13(15)11(7-3)8-4;/h4-16,18-19H,1-3H3;9-11,14H,5-8H2,1-4H3;/q-1;;/b;12-9-;. The van der Waals surface area contributed by atoms with Crippen LogP contribution in [-0.2, 0) is 30.3 Å². The van der Waals surface area contributed by atoms with Crippen LogP contribution in [0.5, 0.6) is 0 Å². The molecule has 0 spiro atoms. The maximum absolute atomic E-state index is 11.7. The molecule has 5 rings (SSSR count). The summed E-state index contributed by atoms with van der Waals surface area (Å²) in [5, 5.41) is 12.2. The third-order valence-corrected chi connectivity index (χ3v) is 9.83. The zero-order valence-corrected chi connectivity index (χ0v) is 32.0. The molecule has 0 unspecified atom stereocenters. The van der Waals surface area contributed by atoms with E-state index in [9.17, 15) is 9.90 Å². The second kappa shape index (κ2) is 17.7. The summed E-state index contributed by atoms with van der Waals surface area (Å²) in [5.74, 6) is 0.547. The predicted molar refractivity (Wildman–Crippen MR) is 197 cm³/mol. The summed E-state index contributed by atoms with van der Waals surface area (Å²) in [6.07, 6.45) is 6.82. The molecule has 0 fully saturated rings. The van der Waals surface area contributed by atoms with Gasteiger partial charge in [-0.3, -0.25) is 9.78 Å². The maximum Gasteiger partial charge on any atom is 0.162 e. The monoisotopic (exact) mass is 823 g/mol. The minimum atomic E-state index is 0. The molecule has 0 aliphatic carbocycles. The molecule has 1 N–H and O–H groups in total. The van der Waals surface area contributed by atoms with Gasteiger partial charge in [-0.05, 0) is 60.4 Å². The fourth-order valence-corrected chi connectivity index (χ4v) is 6.76. The molecule has 249 valence electrons. The van der Waals surface area contributed by atoms with E-state index in [1.807, 2.05) is 45.2 Å². The molecule has 3 nitrogen and oxygen atoms in total. The van der Waals surface area contributed by atoms with Gasteiger partial charge in [-0.1, -0.05) is 114 Å². The molecule has 0 amide bonds. The van der Waals surface area contributed by atoms with Crippen LogP contribution in [0, 0.1) is 17.9 Å². The van der Waals surface area contributed by atoms with E-state index in [4.69, 9.17) is 4.98 Å². The van der Waals surface area contributed by atoms with E-state index in [0.29, 0.717) is 0 Å². The van der Waals surface area contributed by atoms with Crippen molar-refractivity contribution in [3.8, 4) is 32.1 Å². The molecule has 47 heavy (non-hydrogen) atoms. The van der Waals surface area contributed by atoms with Crippen LogP contribution in [-0.4, -0.2) is 15.9 Å². The van der Waals surface area contributed by atoms with Crippen molar-refractivity contribution in [2.45, 2.75) is 79.6 Å². The van der Waals surface area contributed by atoms with Crippen LogP contribution >= 0.6 is 11.3 Å². The van der Waals surface area contributed by atoms with Gasteiger partial charge < -0.3 is 5.11 Å². The van der Waals surface area contributed by atoms with E-state index in [1.54, 1.807) is 0 Å². The van der Waals surface area contributed by atoms with Gasteiger partial charge >= 0.3 is 0 Å². The molecule has 0 saturated heterocycles. The number of aromatic nitrogens is 1. The molecule has 2 aromatic heterocycles. The van der Waals surface area contributed by atoms with Gasteiger partial charge in [0.15, 0.2) is 5.78 Å². The third-order valence-electron chi connectivity index (χ3n) is 8.65. The number of allylic oxidation sites excluding steroid dienone is 2. The van der Waals surface area contributed by atoms with Crippen molar-refractivity contribution in [2.75, 3.05) is 0 Å². The first-order valence-corrected chi connectivity index (χ1v) is 17.4. The normalized spacial score (nSPS) is 11.7. The number of aliphatic hydroxyl groups excluding tert-OH is 1. The minimum absolute atomic E-state index is 0. The molecule has 0 atom stereocenters. The number of carbonyl (C=O) groups is 1. The summed E-state index contributed by atoms with van der Waals surface area (Å²) in [7, 11) is 0. The molecular weight excluding hydrogens is 775 g/mol. The van der Waals surface area contributed by atoms with Crippen molar-refractivity contribution in [2.24, 2.45) is 11.8 Å². The Labute approximate surface area is 299 Å². The summed E-state index contributed by atoms with van der Waals surface area (Å²) in [6.45, 7) is 14.9. The Morgan fingerprint density at radius 1 is 0.809 bits per heavy atom. The Morgan fingerprint density at radius 3 is 2.02 bits per heavy atom. The van der Waals surface area contributed by atoms with Crippen LogP contribution in [0.25, 0.3) is 42.9 Å². The molecule has 5 aromatic rings. The first-order chi connectivity index (χ1) is 22.1. The third kappa shape index (κ3) is 9.83. The van der Waals surface area contributed by atoms with E-state index in [-0.39, 0.29) is 48.9 Å². The molecular formula is C42H48IrNO2S-. The minimum Gasteiger partial charge on any atom is -0.512 e. The van der Waals surface area contributed by atoms with E-state index in [0.717, 1.165) is 42.3 Å². The zero-order valence-electron chi connectivity index (χ0n) is 28.8. The second-order valence-electron chi connectivity index (χ2n) is 12.9.